The lowest BCUT2D eigenvalue weighted by molar-refractivity contribution is -0.125. The van der Waals surface area contributed by atoms with E-state index in [2.05, 4.69) is 10.3 Å². The summed E-state index contributed by atoms with van der Waals surface area (Å²) in [5, 5.41) is 14.6. The minimum absolute atomic E-state index is 0.0622. The van der Waals surface area contributed by atoms with Crippen molar-refractivity contribution < 1.29 is 14.3 Å². The van der Waals surface area contributed by atoms with Crippen LogP contribution in [0.1, 0.15) is 64.0 Å². The van der Waals surface area contributed by atoms with Gasteiger partial charge in [0.25, 0.3) is 0 Å². The molecule has 1 amide bonds. The van der Waals surface area contributed by atoms with Gasteiger partial charge in [0.15, 0.2) is 11.0 Å². The molecule has 2 heterocycles. The first-order chi connectivity index (χ1) is 16.2. The highest BCUT2D eigenvalue weighted by molar-refractivity contribution is 7.99. The number of aromatic nitrogens is 2. The highest BCUT2D eigenvalue weighted by atomic mass is 35.5. The fourth-order valence-corrected chi connectivity index (χ4v) is 5.17. The summed E-state index contributed by atoms with van der Waals surface area (Å²) in [5.74, 6) is 1.08. The Morgan fingerprint density at radius 1 is 1.18 bits per heavy atom. The van der Waals surface area contributed by atoms with Crippen LogP contribution in [-0.2, 0) is 10.4 Å². The Hall–Kier alpha value is -2.35. The summed E-state index contributed by atoms with van der Waals surface area (Å²) in [5.41, 5.74) is 1.14. The van der Waals surface area contributed by atoms with Crippen molar-refractivity contribution in [2.24, 2.45) is 5.92 Å². The number of halogens is 1. The largest absolute Gasteiger partial charge is 0.433 e. The van der Waals surface area contributed by atoms with Gasteiger partial charge in [-0.15, -0.1) is 0 Å². The van der Waals surface area contributed by atoms with Crippen molar-refractivity contribution in [3.05, 3.63) is 59.2 Å². The average Bonchev–Trinajstić information content (AvgIpc) is 3.24. The quantitative estimate of drug-likeness (QED) is 0.403. The predicted molar refractivity (Wildman–Crippen MR) is 134 cm³/mol. The maximum Gasteiger partial charge on any atom is 0.223 e. The van der Waals surface area contributed by atoms with Crippen molar-refractivity contribution in [1.29, 1.82) is 0 Å². The molecular formula is C26H30ClN3O3S. The Morgan fingerprint density at radius 2 is 1.88 bits per heavy atom. The molecular weight excluding hydrogens is 470 g/mol. The molecule has 180 valence electrons. The third-order valence-corrected chi connectivity index (χ3v) is 7.32. The molecule has 1 aliphatic carbocycles. The fourth-order valence-electron chi connectivity index (χ4n) is 4.17. The third-order valence-electron chi connectivity index (χ3n) is 6.10. The molecule has 1 aliphatic rings. The lowest BCUT2D eigenvalue weighted by atomic mass is 9.81. The van der Waals surface area contributed by atoms with E-state index >= 15 is 0 Å². The van der Waals surface area contributed by atoms with Crippen LogP contribution in [0, 0.1) is 5.92 Å². The molecule has 6 nitrogen and oxygen atoms in total. The topological polar surface area (TPSA) is 88.2 Å². The van der Waals surface area contributed by atoms with E-state index in [-0.39, 0.29) is 17.7 Å². The van der Waals surface area contributed by atoms with Gasteiger partial charge in [0.2, 0.25) is 5.91 Å². The van der Waals surface area contributed by atoms with Crippen LogP contribution < -0.4 is 5.32 Å². The molecule has 0 bridgehead atoms. The first-order valence-electron chi connectivity index (χ1n) is 11.7. The Labute approximate surface area is 209 Å². The normalized spacial score (nSPS) is 18.6. The second-order valence-corrected chi connectivity index (χ2v) is 10.7. The number of nitrogens with zero attached hydrogens (tertiary/aromatic N) is 2. The summed E-state index contributed by atoms with van der Waals surface area (Å²) in [4.78, 5) is 22.6. The van der Waals surface area contributed by atoms with Crippen molar-refractivity contribution in [3.8, 4) is 11.3 Å². The molecule has 8 heteroatoms. The zero-order valence-corrected chi connectivity index (χ0v) is 21.2. The summed E-state index contributed by atoms with van der Waals surface area (Å²) in [6, 6.07) is 11.3. The highest BCUT2D eigenvalue weighted by Crippen LogP contribution is 2.42. The maximum atomic E-state index is 12.2. The van der Waals surface area contributed by atoms with E-state index in [1.54, 1.807) is 20.0 Å². The van der Waals surface area contributed by atoms with Crippen LogP contribution in [0.25, 0.3) is 11.3 Å². The number of amides is 1. The van der Waals surface area contributed by atoms with Crippen LogP contribution in [0.15, 0.2) is 57.0 Å². The van der Waals surface area contributed by atoms with Gasteiger partial charge in [-0.2, -0.15) is 0 Å². The Morgan fingerprint density at radius 3 is 2.47 bits per heavy atom. The van der Waals surface area contributed by atoms with E-state index in [1.807, 2.05) is 43.3 Å². The second-order valence-electron chi connectivity index (χ2n) is 9.18. The average molecular weight is 500 g/mol. The first kappa shape index (κ1) is 24.8. The van der Waals surface area contributed by atoms with E-state index in [4.69, 9.17) is 21.0 Å². The lowest BCUT2D eigenvalue weighted by Crippen LogP contribution is -2.32. The number of nitrogens with one attached hydrogen (secondary N) is 1. The van der Waals surface area contributed by atoms with Gasteiger partial charge in [-0.1, -0.05) is 11.6 Å². The van der Waals surface area contributed by atoms with E-state index in [1.165, 1.54) is 11.8 Å². The molecule has 0 spiro atoms. The molecule has 1 saturated carbocycles. The van der Waals surface area contributed by atoms with Gasteiger partial charge in [0.1, 0.15) is 11.3 Å². The van der Waals surface area contributed by atoms with Crippen LogP contribution in [0.5, 0.6) is 0 Å². The summed E-state index contributed by atoms with van der Waals surface area (Å²) < 4.78 is 6.32. The highest BCUT2D eigenvalue weighted by Gasteiger charge is 2.31. The van der Waals surface area contributed by atoms with Crippen LogP contribution in [-0.4, -0.2) is 27.5 Å². The van der Waals surface area contributed by atoms with Crippen molar-refractivity contribution in [2.75, 3.05) is 6.54 Å². The van der Waals surface area contributed by atoms with Gasteiger partial charge < -0.3 is 14.8 Å². The Bertz CT molecular complexity index is 1120. The molecule has 0 unspecified atom stereocenters. The van der Waals surface area contributed by atoms with Gasteiger partial charge in [0, 0.05) is 40.1 Å². The summed E-state index contributed by atoms with van der Waals surface area (Å²) in [6.45, 7) is 6.03. The van der Waals surface area contributed by atoms with E-state index in [9.17, 15) is 9.90 Å². The minimum atomic E-state index is -1.02. The van der Waals surface area contributed by atoms with Gasteiger partial charge in [0.05, 0.1) is 5.69 Å². The number of carbonyl (C=O) groups excluding carboxylic acids is 1. The van der Waals surface area contributed by atoms with Gasteiger partial charge in [-0.05, 0) is 94.6 Å². The zero-order chi connectivity index (χ0) is 24.3. The van der Waals surface area contributed by atoms with Crippen LogP contribution in [0.3, 0.4) is 0 Å². The number of hydrogen-bond donors (Lipinski definition) is 2. The van der Waals surface area contributed by atoms with Crippen LogP contribution >= 0.6 is 23.4 Å². The zero-order valence-electron chi connectivity index (χ0n) is 19.7. The van der Waals surface area contributed by atoms with E-state index < -0.39 is 5.60 Å². The second kappa shape index (κ2) is 10.5. The van der Waals surface area contributed by atoms with Crippen molar-refractivity contribution >= 4 is 29.3 Å². The molecule has 1 fully saturated rings. The number of rotatable bonds is 7. The molecule has 0 radical (unpaired) electrons. The first-order valence-corrected chi connectivity index (χ1v) is 12.8. The molecule has 3 aromatic rings. The predicted octanol–water partition coefficient (Wildman–Crippen LogP) is 6.18. The molecule has 4 rings (SSSR count). The number of benzene rings is 1. The summed E-state index contributed by atoms with van der Waals surface area (Å²) in [7, 11) is 0. The molecule has 2 aromatic heterocycles. The molecule has 1 aromatic carbocycles. The van der Waals surface area contributed by atoms with Gasteiger partial charge >= 0.3 is 0 Å². The molecule has 2 N–H and O–H groups in total. The number of aliphatic hydroxyl groups is 1. The van der Waals surface area contributed by atoms with Gasteiger partial charge in [-0.3, -0.25) is 9.78 Å². The SMILES string of the molecule is CCNC(=O)C1CCC(c2nc(-c3ccc(C(C)(C)O)nc3)c(Sc3ccc(Cl)cc3)o2)CC1. The summed E-state index contributed by atoms with van der Waals surface area (Å²) >= 11 is 7.55. The van der Waals surface area contributed by atoms with E-state index in [0.29, 0.717) is 28.2 Å². The van der Waals surface area contributed by atoms with Crippen LogP contribution in [0.2, 0.25) is 5.02 Å². The minimum Gasteiger partial charge on any atom is -0.433 e. The van der Waals surface area contributed by atoms with Crippen molar-refractivity contribution in [3.63, 3.8) is 0 Å². The molecule has 0 aliphatic heterocycles. The lowest BCUT2D eigenvalue weighted by Gasteiger charge is -2.25. The van der Waals surface area contributed by atoms with E-state index in [0.717, 1.165) is 41.8 Å². The number of carbonyl (C=O) groups is 1. The number of oxazole rings is 1. The fraction of sp³-hybridized carbons (Fsp3) is 0.423. The summed E-state index contributed by atoms with van der Waals surface area (Å²) in [6.07, 6.45) is 5.11. The monoisotopic (exact) mass is 499 g/mol. The molecule has 0 atom stereocenters. The van der Waals surface area contributed by atoms with Crippen molar-refractivity contribution in [2.45, 2.75) is 68.0 Å². The number of pyridine rings is 1. The van der Waals surface area contributed by atoms with Crippen LogP contribution in [0.4, 0.5) is 0 Å². The smallest absolute Gasteiger partial charge is 0.223 e. The third kappa shape index (κ3) is 5.82. The van der Waals surface area contributed by atoms with Crippen molar-refractivity contribution in [1.82, 2.24) is 15.3 Å². The standard InChI is InChI=1S/C26H30ClN3O3S/c1-4-28-23(31)16-5-7-17(8-6-16)24-30-22(18-9-14-21(29-15-18)26(2,3)32)25(33-24)34-20-12-10-19(27)11-13-20/h9-17,32H,4-8H2,1-3H3,(H,28,31). The molecule has 0 saturated heterocycles. The maximum absolute atomic E-state index is 12.2. The number of hydrogen-bond acceptors (Lipinski definition) is 6. The van der Waals surface area contributed by atoms with Gasteiger partial charge in [-0.25, -0.2) is 4.98 Å². The molecule has 34 heavy (non-hydrogen) atoms. The Balaban J connectivity index is 1.61. The Kier molecular flexibility index (Phi) is 7.65.